The summed E-state index contributed by atoms with van der Waals surface area (Å²) in [5, 5.41) is 0. The van der Waals surface area contributed by atoms with Crippen LogP contribution in [0.1, 0.15) is 0 Å². The summed E-state index contributed by atoms with van der Waals surface area (Å²) in [6.45, 7) is 0. The van der Waals surface area contributed by atoms with Crippen LogP contribution in [0.4, 0.5) is 0 Å². The molecule has 0 heterocycles. The molecule has 0 N–H and O–H groups in total. The van der Waals surface area contributed by atoms with E-state index in [9.17, 15) is 0 Å². The van der Waals surface area contributed by atoms with Gasteiger partial charge in [-0.25, -0.2) is 12.1 Å². The van der Waals surface area contributed by atoms with E-state index in [2.05, 4.69) is 0 Å². The van der Waals surface area contributed by atoms with Gasteiger partial charge in [0.2, 0.25) is 0 Å². The minimum Gasteiger partial charge on any atom is -0.214 e. The molecule has 0 amide bonds. The van der Waals surface area contributed by atoms with Crippen LogP contribution in [-0.4, -0.2) is 0 Å². The molecular weight excluding hydrogens is 226 g/mol. The Morgan fingerprint density at radius 3 is 1.40 bits per heavy atom. The molecule has 1 aromatic carbocycles. The van der Waals surface area contributed by atoms with Gasteiger partial charge in [-0.15, -0.1) is 0 Å². The van der Waals surface area contributed by atoms with E-state index in [1.54, 1.807) is 0 Å². The first kappa shape index (κ1) is 13.5. The molecular formula is C6H8Cl3Ti-2. The van der Waals surface area contributed by atoms with Crippen molar-refractivity contribution in [2.75, 3.05) is 0 Å². The number of halogens is 3. The first-order valence-corrected chi connectivity index (χ1v) is 8.68. The Morgan fingerprint density at radius 2 is 1.30 bits per heavy atom. The summed E-state index contributed by atoms with van der Waals surface area (Å²) in [5.41, 5.74) is 0. The largest absolute Gasteiger partial charge is 0.214 e. The molecule has 0 bridgehead atoms. The van der Waals surface area contributed by atoms with Gasteiger partial charge in [0, 0.05) is 0 Å². The van der Waals surface area contributed by atoms with Crippen molar-refractivity contribution in [3.63, 3.8) is 0 Å². The summed E-state index contributed by atoms with van der Waals surface area (Å²) in [7, 11) is 14.9. The zero-order valence-corrected chi connectivity index (χ0v) is 9.35. The van der Waals surface area contributed by atoms with Crippen molar-refractivity contribution in [1.82, 2.24) is 0 Å². The first-order chi connectivity index (χ1) is 4.23. The van der Waals surface area contributed by atoms with Crippen LogP contribution in [0.3, 0.4) is 0 Å². The van der Waals surface area contributed by atoms with E-state index < -0.39 is 14.7 Å². The maximum absolute atomic E-state index is 4.97. The fourth-order valence-electron chi connectivity index (χ4n) is 0.321. The number of rotatable bonds is 0. The van der Waals surface area contributed by atoms with Gasteiger partial charge < -0.3 is 7.43 Å². The third-order valence-electron chi connectivity index (χ3n) is 0.556. The minimum absolute atomic E-state index is 0. The van der Waals surface area contributed by atoms with E-state index in [4.69, 9.17) is 27.9 Å². The van der Waals surface area contributed by atoms with Crippen LogP contribution in [0.25, 0.3) is 0 Å². The van der Waals surface area contributed by atoms with Crippen molar-refractivity contribution < 1.29 is 14.7 Å². The Hall–Kier alpha value is 0.934. The second-order valence-electron chi connectivity index (χ2n) is 1.18. The van der Waals surface area contributed by atoms with Gasteiger partial charge in [-0.2, -0.15) is 18.2 Å². The van der Waals surface area contributed by atoms with E-state index >= 15 is 0 Å². The van der Waals surface area contributed by atoms with E-state index in [1.165, 1.54) is 0 Å². The summed E-state index contributed by atoms with van der Waals surface area (Å²) in [5.74, 6) is 0. The standard InChI is InChI=1S/C5H5.CH3.3ClH.Ti/c1-2-4-5-3-1;;;;;/h1-5H;1H3;3*1H;/q2*-1;;;;+3/p-3. The quantitative estimate of drug-likeness (QED) is 0.471. The van der Waals surface area contributed by atoms with Crippen molar-refractivity contribution in [2.45, 2.75) is 0 Å². The topological polar surface area (TPSA) is 0 Å². The molecule has 0 spiro atoms. The summed E-state index contributed by atoms with van der Waals surface area (Å²) in [4.78, 5) is 0. The van der Waals surface area contributed by atoms with Crippen molar-refractivity contribution in [3.8, 4) is 0 Å². The molecule has 0 aromatic heterocycles. The fraction of sp³-hybridized carbons (Fsp3) is 0. The van der Waals surface area contributed by atoms with Crippen LogP contribution in [0.5, 0.6) is 0 Å². The molecule has 0 aliphatic rings. The van der Waals surface area contributed by atoms with Gasteiger partial charge in [0.25, 0.3) is 0 Å². The molecule has 0 fully saturated rings. The fourth-order valence-corrected chi connectivity index (χ4v) is 0.321. The predicted octanol–water partition coefficient (Wildman–Crippen LogP) is 3.92. The third kappa shape index (κ3) is 16.0. The van der Waals surface area contributed by atoms with E-state index in [1.807, 2.05) is 30.3 Å². The first-order valence-electron chi connectivity index (χ1n) is 2.23. The molecule has 1 aromatic rings. The van der Waals surface area contributed by atoms with Crippen LogP contribution in [-0.2, 0) is 14.7 Å². The van der Waals surface area contributed by atoms with Crippen LogP contribution in [0.15, 0.2) is 30.3 Å². The number of hydrogen-bond donors (Lipinski definition) is 0. The van der Waals surface area contributed by atoms with Gasteiger partial charge in [-0.1, -0.05) is 0 Å². The van der Waals surface area contributed by atoms with Gasteiger partial charge in [-0.3, -0.25) is 0 Å². The predicted molar refractivity (Wildman–Crippen MR) is 46.0 cm³/mol. The van der Waals surface area contributed by atoms with Gasteiger partial charge in [-0.05, 0) is 0 Å². The monoisotopic (exact) mass is 233 g/mol. The van der Waals surface area contributed by atoms with Gasteiger partial charge in [0.15, 0.2) is 0 Å². The molecule has 0 radical (unpaired) electrons. The van der Waals surface area contributed by atoms with Crippen LogP contribution >= 0.6 is 27.9 Å². The molecule has 10 heavy (non-hydrogen) atoms. The molecule has 59 valence electrons. The smallest absolute Gasteiger partial charge is 0.172 e. The average molecular weight is 234 g/mol. The van der Waals surface area contributed by atoms with E-state index in [0.717, 1.165) is 0 Å². The summed E-state index contributed by atoms with van der Waals surface area (Å²) >= 11 is -1.92. The SMILES string of the molecule is [CH3-].[Cl][Ti]([Cl])[Cl].c1cc[cH-]c1. The Kier molecular flexibility index (Phi) is 13.4. The van der Waals surface area contributed by atoms with E-state index in [-0.39, 0.29) is 7.43 Å². The molecule has 0 unspecified atom stereocenters. The Labute approximate surface area is 79.9 Å². The summed E-state index contributed by atoms with van der Waals surface area (Å²) < 4.78 is 0. The Morgan fingerprint density at radius 1 is 1.00 bits per heavy atom. The second kappa shape index (κ2) is 9.93. The molecule has 0 aliphatic carbocycles. The normalized spacial score (nSPS) is 6.70. The zero-order valence-electron chi connectivity index (χ0n) is 5.52. The molecule has 0 nitrogen and oxygen atoms in total. The molecule has 4 heteroatoms. The average Bonchev–Trinajstić information content (AvgIpc) is 2.11. The zero-order chi connectivity index (χ0) is 7.11. The van der Waals surface area contributed by atoms with Gasteiger partial charge in [0.1, 0.15) is 0 Å². The van der Waals surface area contributed by atoms with Crippen LogP contribution in [0.2, 0.25) is 0 Å². The summed E-state index contributed by atoms with van der Waals surface area (Å²) in [6, 6.07) is 10.0. The van der Waals surface area contributed by atoms with Crippen molar-refractivity contribution in [1.29, 1.82) is 0 Å². The molecule has 0 saturated carbocycles. The van der Waals surface area contributed by atoms with Crippen LogP contribution < -0.4 is 0 Å². The second-order valence-corrected chi connectivity index (χ2v) is 8.91. The van der Waals surface area contributed by atoms with Gasteiger partial charge in [0.05, 0.1) is 0 Å². The van der Waals surface area contributed by atoms with Crippen molar-refractivity contribution in [2.24, 2.45) is 0 Å². The molecule has 0 aliphatic heterocycles. The molecule has 1 rings (SSSR count). The van der Waals surface area contributed by atoms with Crippen molar-refractivity contribution in [3.05, 3.63) is 37.8 Å². The Balaban J connectivity index is 0. The maximum atomic E-state index is 4.97. The number of hydrogen-bond acceptors (Lipinski definition) is 0. The van der Waals surface area contributed by atoms with Gasteiger partial charge >= 0.3 is 42.6 Å². The van der Waals surface area contributed by atoms with E-state index in [0.29, 0.717) is 0 Å². The maximum Gasteiger partial charge on any atom is -0.172 e. The molecule has 0 saturated heterocycles. The third-order valence-corrected chi connectivity index (χ3v) is 0.556. The molecule has 0 atom stereocenters. The van der Waals surface area contributed by atoms with Crippen molar-refractivity contribution >= 4 is 27.9 Å². The minimum atomic E-state index is -1.92. The van der Waals surface area contributed by atoms with Crippen LogP contribution in [0, 0.1) is 7.43 Å². The summed E-state index contributed by atoms with van der Waals surface area (Å²) in [6.07, 6.45) is 0. The Bertz CT molecular complexity index is 96.6.